The standard InChI is InChI=1S/C33H41F3N4O4/c1-19(22-12-9-13-26(28(22)34)33(35,36)31(3,4)43)37-29-24-17-27(32(44-6)14-15-40(18-32)20(2)41)23(21-10-7-8-11-21)16-25(24)30(42)39(5)38-29/h9,12-13,16-17,19,21,43H,7-8,10-11,14-15,18H2,1-6H3,(H,37,38)/t19-,32?/m1/s1. The van der Waals surface area contributed by atoms with Crippen molar-refractivity contribution in [3.05, 3.63) is 68.8 Å². The molecule has 8 nitrogen and oxygen atoms in total. The molecule has 2 N–H and O–H groups in total. The van der Waals surface area contributed by atoms with E-state index in [0.717, 1.165) is 56.7 Å². The number of halogens is 3. The Morgan fingerprint density at radius 1 is 1.20 bits per heavy atom. The SMILES string of the molecule is COC1(c2cc3c(N[C@H](C)c4cccc(C(F)(F)C(C)(C)O)c4F)nn(C)c(=O)c3cc2C2CCCC2)CCN(C(C)=O)C1. The van der Waals surface area contributed by atoms with Gasteiger partial charge in [0, 0.05) is 38.6 Å². The summed E-state index contributed by atoms with van der Waals surface area (Å²) in [5.41, 5.74) is -2.60. The summed E-state index contributed by atoms with van der Waals surface area (Å²) in [6.07, 6.45) is 4.70. The average Bonchev–Trinajstić information content (AvgIpc) is 3.66. The monoisotopic (exact) mass is 614 g/mol. The van der Waals surface area contributed by atoms with Crippen molar-refractivity contribution in [3.63, 3.8) is 0 Å². The van der Waals surface area contributed by atoms with Gasteiger partial charge < -0.3 is 20.1 Å². The number of likely N-dealkylation sites (tertiary alicyclic amines) is 1. The van der Waals surface area contributed by atoms with Gasteiger partial charge in [-0.2, -0.15) is 13.9 Å². The molecule has 238 valence electrons. The second kappa shape index (κ2) is 11.5. The Morgan fingerprint density at radius 2 is 1.89 bits per heavy atom. The number of nitrogens with one attached hydrogen (secondary N) is 1. The van der Waals surface area contributed by atoms with Crippen LogP contribution in [-0.2, 0) is 28.1 Å². The first-order chi connectivity index (χ1) is 20.6. The molecule has 1 saturated heterocycles. The summed E-state index contributed by atoms with van der Waals surface area (Å²) in [7, 11) is 3.17. The van der Waals surface area contributed by atoms with Gasteiger partial charge in [0.1, 0.15) is 17.0 Å². The molecule has 0 spiro atoms. The Balaban J connectivity index is 1.65. The third kappa shape index (κ3) is 5.38. The molecule has 2 atom stereocenters. The van der Waals surface area contributed by atoms with E-state index in [-0.39, 0.29) is 28.8 Å². The zero-order chi connectivity index (χ0) is 32.2. The lowest BCUT2D eigenvalue weighted by molar-refractivity contribution is -0.170. The second-order valence-corrected chi connectivity index (χ2v) is 12.8. The zero-order valence-electron chi connectivity index (χ0n) is 26.1. The molecule has 1 unspecified atom stereocenters. The molecule has 3 aromatic rings. The minimum atomic E-state index is -3.84. The number of amides is 1. The van der Waals surface area contributed by atoms with E-state index in [0.29, 0.717) is 30.3 Å². The van der Waals surface area contributed by atoms with Gasteiger partial charge in [0.05, 0.1) is 23.5 Å². The highest BCUT2D eigenvalue weighted by molar-refractivity contribution is 5.93. The number of alkyl halides is 2. The van der Waals surface area contributed by atoms with Gasteiger partial charge in [0.15, 0.2) is 5.82 Å². The Morgan fingerprint density at radius 3 is 2.48 bits per heavy atom. The molecule has 1 aliphatic heterocycles. The fraction of sp³-hybridized carbons (Fsp3) is 0.545. The summed E-state index contributed by atoms with van der Waals surface area (Å²) in [6, 6.07) is 6.69. The van der Waals surface area contributed by atoms with E-state index in [9.17, 15) is 14.7 Å². The van der Waals surface area contributed by atoms with Gasteiger partial charge in [-0.25, -0.2) is 9.07 Å². The van der Waals surface area contributed by atoms with Crippen molar-refractivity contribution in [1.29, 1.82) is 0 Å². The van der Waals surface area contributed by atoms with E-state index < -0.39 is 34.5 Å². The van der Waals surface area contributed by atoms with Crippen LogP contribution in [0.4, 0.5) is 19.0 Å². The number of ether oxygens (including phenoxy) is 1. The van der Waals surface area contributed by atoms with E-state index in [1.54, 1.807) is 18.9 Å². The van der Waals surface area contributed by atoms with Crippen molar-refractivity contribution in [1.82, 2.24) is 14.7 Å². The molecule has 5 rings (SSSR count). The zero-order valence-corrected chi connectivity index (χ0v) is 26.1. The van der Waals surface area contributed by atoms with Crippen LogP contribution in [0.1, 0.15) is 94.0 Å². The van der Waals surface area contributed by atoms with E-state index in [4.69, 9.17) is 4.74 Å². The largest absolute Gasteiger partial charge is 0.384 e. The number of aliphatic hydroxyl groups is 1. The maximum Gasteiger partial charge on any atom is 0.303 e. The Labute approximate surface area is 255 Å². The van der Waals surface area contributed by atoms with Gasteiger partial charge in [-0.3, -0.25) is 9.59 Å². The molecule has 11 heteroatoms. The summed E-state index contributed by atoms with van der Waals surface area (Å²) < 4.78 is 53.1. The fourth-order valence-corrected chi connectivity index (χ4v) is 6.77. The minimum Gasteiger partial charge on any atom is -0.384 e. The highest BCUT2D eigenvalue weighted by atomic mass is 19.3. The van der Waals surface area contributed by atoms with Crippen LogP contribution in [0.5, 0.6) is 0 Å². The molecular formula is C33H41F3N4O4. The molecule has 0 radical (unpaired) electrons. The number of hydrogen-bond acceptors (Lipinski definition) is 6. The predicted octanol–water partition coefficient (Wildman–Crippen LogP) is 5.86. The van der Waals surface area contributed by atoms with Crippen LogP contribution in [0.15, 0.2) is 35.1 Å². The first-order valence-electron chi connectivity index (χ1n) is 15.1. The molecule has 44 heavy (non-hydrogen) atoms. The van der Waals surface area contributed by atoms with Crippen molar-refractivity contribution in [2.75, 3.05) is 25.5 Å². The van der Waals surface area contributed by atoms with E-state index in [2.05, 4.69) is 10.4 Å². The molecule has 2 heterocycles. The molecule has 0 bridgehead atoms. The number of nitrogens with zero attached hydrogens (tertiary/aromatic N) is 3. The number of fused-ring (bicyclic) bond motifs is 1. The van der Waals surface area contributed by atoms with E-state index >= 15 is 13.2 Å². The topological polar surface area (TPSA) is 96.7 Å². The summed E-state index contributed by atoms with van der Waals surface area (Å²) in [6.45, 7) is 5.93. The lowest BCUT2D eigenvalue weighted by Crippen LogP contribution is -2.41. The van der Waals surface area contributed by atoms with Crippen LogP contribution in [0, 0.1) is 5.82 Å². The highest BCUT2D eigenvalue weighted by Crippen LogP contribution is 2.46. The third-order valence-corrected chi connectivity index (χ3v) is 9.53. The molecule has 1 amide bonds. The van der Waals surface area contributed by atoms with Crippen LogP contribution >= 0.6 is 0 Å². The number of aromatic nitrogens is 2. The van der Waals surface area contributed by atoms with Gasteiger partial charge in [0.25, 0.3) is 5.56 Å². The Hall–Kier alpha value is -3.44. The molecular weight excluding hydrogens is 573 g/mol. The van der Waals surface area contributed by atoms with Gasteiger partial charge in [-0.1, -0.05) is 25.0 Å². The van der Waals surface area contributed by atoms with Gasteiger partial charge >= 0.3 is 5.92 Å². The number of aryl methyl sites for hydroxylation is 1. The molecule has 2 fully saturated rings. The first kappa shape index (κ1) is 32.0. The summed E-state index contributed by atoms with van der Waals surface area (Å²) in [5.74, 6) is -4.51. The quantitative estimate of drug-likeness (QED) is 0.330. The third-order valence-electron chi connectivity index (χ3n) is 9.53. The van der Waals surface area contributed by atoms with Crippen LogP contribution in [-0.4, -0.2) is 51.5 Å². The first-order valence-corrected chi connectivity index (χ1v) is 15.1. The molecule has 2 aliphatic rings. The van der Waals surface area contributed by atoms with Crippen LogP contribution < -0.4 is 10.9 Å². The highest BCUT2D eigenvalue weighted by Gasteiger charge is 2.49. The van der Waals surface area contributed by atoms with Crippen LogP contribution in [0.2, 0.25) is 0 Å². The number of carbonyl (C=O) groups excluding carboxylic acids is 1. The number of carbonyl (C=O) groups is 1. The Kier molecular flexibility index (Phi) is 8.35. The van der Waals surface area contributed by atoms with Crippen molar-refractivity contribution in [3.8, 4) is 0 Å². The number of hydrogen-bond donors (Lipinski definition) is 2. The molecule has 1 saturated carbocycles. The summed E-state index contributed by atoms with van der Waals surface area (Å²) in [5, 5.41) is 18.6. The van der Waals surface area contributed by atoms with Crippen molar-refractivity contribution in [2.45, 2.75) is 88.9 Å². The molecule has 1 aromatic heterocycles. The van der Waals surface area contributed by atoms with Gasteiger partial charge in [0.2, 0.25) is 5.91 Å². The molecule has 2 aromatic carbocycles. The maximum atomic E-state index is 15.6. The predicted molar refractivity (Wildman–Crippen MR) is 162 cm³/mol. The molecule has 1 aliphatic carbocycles. The minimum absolute atomic E-state index is 0.0423. The lowest BCUT2D eigenvalue weighted by atomic mass is 9.81. The van der Waals surface area contributed by atoms with Crippen molar-refractivity contribution < 1.29 is 27.8 Å². The van der Waals surface area contributed by atoms with E-state index in [1.165, 1.54) is 30.8 Å². The number of benzene rings is 2. The van der Waals surface area contributed by atoms with Crippen LogP contribution in [0.3, 0.4) is 0 Å². The van der Waals surface area contributed by atoms with E-state index in [1.807, 2.05) is 12.1 Å². The van der Waals surface area contributed by atoms with Gasteiger partial charge in [-0.15, -0.1) is 0 Å². The fourth-order valence-electron chi connectivity index (χ4n) is 6.77. The number of methoxy groups -OCH3 is 1. The number of rotatable bonds is 8. The smallest absolute Gasteiger partial charge is 0.303 e. The summed E-state index contributed by atoms with van der Waals surface area (Å²) >= 11 is 0. The van der Waals surface area contributed by atoms with Crippen molar-refractivity contribution in [2.24, 2.45) is 7.05 Å². The second-order valence-electron chi connectivity index (χ2n) is 12.8. The lowest BCUT2D eigenvalue weighted by Gasteiger charge is -2.33. The van der Waals surface area contributed by atoms with Crippen molar-refractivity contribution >= 4 is 22.5 Å². The van der Waals surface area contributed by atoms with Crippen LogP contribution in [0.25, 0.3) is 10.8 Å². The average molecular weight is 615 g/mol. The van der Waals surface area contributed by atoms with Gasteiger partial charge in [-0.05, 0) is 75.3 Å². The maximum absolute atomic E-state index is 15.6. The normalized spacial score (nSPS) is 20.5. The number of anilines is 1. The Bertz CT molecular complexity index is 1640. The summed E-state index contributed by atoms with van der Waals surface area (Å²) in [4.78, 5) is 27.5.